The van der Waals surface area contributed by atoms with E-state index in [0.29, 0.717) is 0 Å². The summed E-state index contributed by atoms with van der Waals surface area (Å²) in [7, 11) is 1.16. The second-order valence-electron chi connectivity index (χ2n) is 2.42. The first-order valence-corrected chi connectivity index (χ1v) is 2.74. The zero-order valence-electron chi connectivity index (χ0n) is 6.58. The number of carboxylic acid groups (broad SMARTS) is 1. The largest absolute Gasteiger partial charge is 0.480 e. The average Bonchev–Trinajstić information content (AvgIpc) is 1.86. The summed E-state index contributed by atoms with van der Waals surface area (Å²) < 4.78 is 4.26. The van der Waals surface area contributed by atoms with Crippen molar-refractivity contribution in [3.8, 4) is 0 Å². The highest BCUT2D eigenvalue weighted by molar-refractivity contribution is 5.98. The maximum Gasteiger partial charge on any atom is 0.322 e. The first-order chi connectivity index (χ1) is 4.42. The third-order valence-electron chi connectivity index (χ3n) is 1.23. The van der Waals surface area contributed by atoms with E-state index in [9.17, 15) is 9.59 Å². The molecule has 0 aliphatic carbocycles. The normalized spacial score (nSPS) is 9.73. The molecular weight excluding hydrogens is 172 g/mol. The Kier molecular flexibility index (Phi) is 4.89. The van der Waals surface area contributed by atoms with E-state index < -0.39 is 17.4 Å². The first-order valence-electron chi connectivity index (χ1n) is 2.74. The van der Waals surface area contributed by atoms with Crippen molar-refractivity contribution < 1.29 is 19.4 Å². The fraction of sp³-hybridized carbons (Fsp3) is 0.667. The first kappa shape index (κ1) is 12.9. The van der Waals surface area contributed by atoms with E-state index in [0.717, 1.165) is 7.11 Å². The molecule has 0 aromatic heterocycles. The molecule has 0 heterocycles. The number of rotatable bonds is 2. The lowest BCUT2D eigenvalue weighted by Crippen LogP contribution is -2.34. The van der Waals surface area contributed by atoms with Gasteiger partial charge in [0.25, 0.3) is 0 Å². The van der Waals surface area contributed by atoms with E-state index in [2.05, 4.69) is 4.74 Å². The van der Waals surface area contributed by atoms with Crippen LogP contribution in [0.5, 0.6) is 0 Å². The van der Waals surface area contributed by atoms with Crippen LogP contribution in [0.25, 0.3) is 0 Å². The fourth-order valence-corrected chi connectivity index (χ4v) is 0.342. The van der Waals surface area contributed by atoms with Gasteiger partial charge in [0.15, 0.2) is 5.41 Å². The molecule has 4 nitrogen and oxygen atoms in total. The summed E-state index contributed by atoms with van der Waals surface area (Å²) in [4.78, 5) is 21.0. The van der Waals surface area contributed by atoms with Crippen LogP contribution in [-0.2, 0) is 14.3 Å². The Balaban J connectivity index is 0. The summed E-state index contributed by atoms with van der Waals surface area (Å²) in [6.45, 7) is 2.59. The number of aliphatic carboxylic acids is 1. The van der Waals surface area contributed by atoms with Crippen molar-refractivity contribution >= 4 is 24.3 Å². The molecule has 5 heteroatoms. The number of carbonyl (C=O) groups excluding carboxylic acids is 1. The SMILES string of the molecule is COC(=O)C(C)(C)C(=O)O.Cl. The summed E-state index contributed by atoms with van der Waals surface area (Å²) in [6.07, 6.45) is 0. The minimum atomic E-state index is -1.44. The Morgan fingerprint density at radius 3 is 1.82 bits per heavy atom. The quantitative estimate of drug-likeness (QED) is 0.504. The highest BCUT2D eigenvalue weighted by atomic mass is 35.5. The lowest BCUT2D eigenvalue weighted by molar-refractivity contribution is -0.164. The van der Waals surface area contributed by atoms with Crippen molar-refractivity contribution in [1.29, 1.82) is 0 Å². The molecule has 0 aliphatic rings. The zero-order valence-corrected chi connectivity index (χ0v) is 7.40. The van der Waals surface area contributed by atoms with Crippen LogP contribution in [0, 0.1) is 5.41 Å². The second-order valence-corrected chi connectivity index (χ2v) is 2.42. The number of carboxylic acids is 1. The number of carbonyl (C=O) groups is 2. The maximum absolute atomic E-state index is 10.7. The molecular formula is C6H11ClO4. The number of hydrogen-bond donors (Lipinski definition) is 1. The maximum atomic E-state index is 10.7. The predicted molar refractivity (Wildman–Crippen MR) is 40.7 cm³/mol. The molecule has 0 fully saturated rings. The molecule has 1 N–H and O–H groups in total. The van der Waals surface area contributed by atoms with Crippen molar-refractivity contribution in [1.82, 2.24) is 0 Å². The Hall–Kier alpha value is -0.770. The van der Waals surface area contributed by atoms with Crippen molar-refractivity contribution in [2.45, 2.75) is 13.8 Å². The van der Waals surface area contributed by atoms with Crippen LogP contribution in [0.2, 0.25) is 0 Å². The smallest absolute Gasteiger partial charge is 0.322 e. The van der Waals surface area contributed by atoms with Crippen LogP contribution in [0.4, 0.5) is 0 Å². The highest BCUT2D eigenvalue weighted by Gasteiger charge is 2.36. The van der Waals surface area contributed by atoms with Crippen LogP contribution in [0.3, 0.4) is 0 Å². The van der Waals surface area contributed by atoms with Gasteiger partial charge < -0.3 is 9.84 Å². The van der Waals surface area contributed by atoms with Gasteiger partial charge in [-0.05, 0) is 13.8 Å². The number of hydrogen-bond acceptors (Lipinski definition) is 3. The summed E-state index contributed by atoms with van der Waals surface area (Å²) >= 11 is 0. The summed E-state index contributed by atoms with van der Waals surface area (Å²) in [5.74, 6) is -1.92. The van der Waals surface area contributed by atoms with Gasteiger partial charge in [0.1, 0.15) is 0 Å². The van der Waals surface area contributed by atoms with E-state index in [1.54, 1.807) is 0 Å². The van der Waals surface area contributed by atoms with Crippen LogP contribution in [-0.4, -0.2) is 24.2 Å². The monoisotopic (exact) mass is 182 g/mol. The van der Waals surface area contributed by atoms with Gasteiger partial charge in [-0.25, -0.2) is 0 Å². The van der Waals surface area contributed by atoms with Crippen molar-refractivity contribution in [2.75, 3.05) is 7.11 Å². The van der Waals surface area contributed by atoms with E-state index in [1.807, 2.05) is 0 Å². The Labute approximate surface area is 70.9 Å². The van der Waals surface area contributed by atoms with Gasteiger partial charge in [0.2, 0.25) is 0 Å². The molecule has 0 rings (SSSR count). The van der Waals surface area contributed by atoms with Crippen LogP contribution in [0.15, 0.2) is 0 Å². The standard InChI is InChI=1S/C6H10O4.ClH/c1-6(2,4(7)8)5(9)10-3;/h1-3H3,(H,7,8);1H. The predicted octanol–water partition coefficient (Wildman–Crippen LogP) is 0.692. The van der Waals surface area contributed by atoms with Gasteiger partial charge in [-0.2, -0.15) is 0 Å². The molecule has 0 saturated carbocycles. The Morgan fingerprint density at radius 2 is 1.73 bits per heavy atom. The molecule has 0 bridgehead atoms. The molecule has 0 aromatic carbocycles. The average molecular weight is 183 g/mol. The molecule has 0 spiro atoms. The van der Waals surface area contributed by atoms with Crippen LogP contribution < -0.4 is 0 Å². The highest BCUT2D eigenvalue weighted by Crippen LogP contribution is 2.16. The lowest BCUT2D eigenvalue weighted by atomic mass is 9.94. The van der Waals surface area contributed by atoms with Crippen molar-refractivity contribution in [3.63, 3.8) is 0 Å². The minimum absolute atomic E-state index is 0. The molecule has 0 aromatic rings. The molecule has 0 atom stereocenters. The molecule has 0 saturated heterocycles. The third kappa shape index (κ3) is 2.76. The van der Waals surface area contributed by atoms with E-state index in [1.165, 1.54) is 13.8 Å². The molecule has 11 heavy (non-hydrogen) atoms. The van der Waals surface area contributed by atoms with Gasteiger partial charge in [0.05, 0.1) is 7.11 Å². The lowest BCUT2D eigenvalue weighted by Gasteiger charge is -2.14. The van der Waals surface area contributed by atoms with Gasteiger partial charge in [0, 0.05) is 0 Å². The summed E-state index contributed by atoms with van der Waals surface area (Å²) in [5, 5.41) is 8.44. The van der Waals surface area contributed by atoms with Gasteiger partial charge in [-0.15, -0.1) is 12.4 Å². The van der Waals surface area contributed by atoms with E-state index in [-0.39, 0.29) is 12.4 Å². The Bertz CT molecular complexity index is 164. The van der Waals surface area contributed by atoms with E-state index in [4.69, 9.17) is 5.11 Å². The number of ether oxygens (including phenoxy) is 1. The number of methoxy groups -OCH3 is 1. The molecule has 0 radical (unpaired) electrons. The molecule has 66 valence electrons. The number of halogens is 1. The van der Waals surface area contributed by atoms with Crippen LogP contribution in [0.1, 0.15) is 13.8 Å². The topological polar surface area (TPSA) is 63.6 Å². The van der Waals surface area contributed by atoms with Crippen LogP contribution >= 0.6 is 12.4 Å². The third-order valence-corrected chi connectivity index (χ3v) is 1.23. The molecule has 0 unspecified atom stereocenters. The number of esters is 1. The van der Waals surface area contributed by atoms with Gasteiger partial charge >= 0.3 is 11.9 Å². The van der Waals surface area contributed by atoms with Crippen molar-refractivity contribution in [3.05, 3.63) is 0 Å². The fourth-order valence-electron chi connectivity index (χ4n) is 0.342. The van der Waals surface area contributed by atoms with Gasteiger partial charge in [-0.1, -0.05) is 0 Å². The van der Waals surface area contributed by atoms with Gasteiger partial charge in [-0.3, -0.25) is 9.59 Å². The second kappa shape index (κ2) is 4.18. The van der Waals surface area contributed by atoms with Crippen molar-refractivity contribution in [2.24, 2.45) is 5.41 Å². The minimum Gasteiger partial charge on any atom is -0.480 e. The van der Waals surface area contributed by atoms with E-state index >= 15 is 0 Å². The summed E-state index contributed by atoms with van der Waals surface area (Å²) in [6, 6.07) is 0. The molecule has 0 aliphatic heterocycles. The summed E-state index contributed by atoms with van der Waals surface area (Å²) in [5.41, 5.74) is -1.44. The Morgan fingerprint density at radius 1 is 1.36 bits per heavy atom. The zero-order chi connectivity index (χ0) is 8.36. The molecule has 0 amide bonds.